The fourth-order valence-electron chi connectivity index (χ4n) is 2.04. The Morgan fingerprint density at radius 1 is 1.20 bits per heavy atom. The molecular formula is C17H30N4O3S. The summed E-state index contributed by atoms with van der Waals surface area (Å²) in [4.78, 5) is 4.46. The van der Waals surface area contributed by atoms with Crippen molar-refractivity contribution in [2.45, 2.75) is 20.3 Å². The van der Waals surface area contributed by atoms with Gasteiger partial charge in [0.25, 0.3) is 0 Å². The van der Waals surface area contributed by atoms with Crippen LogP contribution in [0.5, 0.6) is 5.75 Å². The van der Waals surface area contributed by atoms with E-state index < -0.39 is 10.0 Å². The van der Waals surface area contributed by atoms with Crippen LogP contribution in [0.4, 0.5) is 0 Å². The standard InChI is InChI=1S/C17H30N4O3S/c1-4-18-17(19-12-9-14-21(3)25(22,23)5-2)20-13-15-24-16-10-7-6-8-11-16/h6-8,10-11H,4-5,9,12-15H2,1-3H3,(H2,18,19,20). The zero-order chi connectivity index (χ0) is 18.5. The van der Waals surface area contributed by atoms with Crippen molar-refractivity contribution >= 4 is 16.0 Å². The van der Waals surface area contributed by atoms with Crippen LogP contribution >= 0.6 is 0 Å². The molecule has 0 aliphatic heterocycles. The highest BCUT2D eigenvalue weighted by Crippen LogP contribution is 2.07. The second-order valence-electron chi connectivity index (χ2n) is 5.42. The van der Waals surface area contributed by atoms with E-state index in [2.05, 4.69) is 15.6 Å². The minimum absolute atomic E-state index is 0.123. The first-order valence-electron chi connectivity index (χ1n) is 8.63. The molecule has 25 heavy (non-hydrogen) atoms. The summed E-state index contributed by atoms with van der Waals surface area (Å²) in [5.41, 5.74) is 0. The Balaban J connectivity index is 2.31. The molecule has 0 heterocycles. The van der Waals surface area contributed by atoms with Gasteiger partial charge in [-0.15, -0.1) is 0 Å². The van der Waals surface area contributed by atoms with Crippen LogP contribution in [0, 0.1) is 0 Å². The molecule has 0 spiro atoms. The van der Waals surface area contributed by atoms with Gasteiger partial charge in [-0.2, -0.15) is 0 Å². The van der Waals surface area contributed by atoms with Crippen molar-refractivity contribution in [2.75, 3.05) is 45.6 Å². The van der Waals surface area contributed by atoms with E-state index in [9.17, 15) is 8.42 Å². The van der Waals surface area contributed by atoms with E-state index >= 15 is 0 Å². The molecule has 8 heteroatoms. The fourth-order valence-corrected chi connectivity index (χ4v) is 2.89. The summed E-state index contributed by atoms with van der Waals surface area (Å²) in [7, 11) is -1.51. The van der Waals surface area contributed by atoms with Crippen LogP contribution < -0.4 is 15.4 Å². The van der Waals surface area contributed by atoms with Crippen molar-refractivity contribution in [3.63, 3.8) is 0 Å². The van der Waals surface area contributed by atoms with Crippen LogP contribution in [-0.2, 0) is 10.0 Å². The van der Waals surface area contributed by atoms with Gasteiger partial charge in [-0.1, -0.05) is 18.2 Å². The predicted molar refractivity (Wildman–Crippen MR) is 103 cm³/mol. The first-order valence-corrected chi connectivity index (χ1v) is 10.2. The number of ether oxygens (including phenoxy) is 1. The van der Waals surface area contributed by atoms with Crippen molar-refractivity contribution in [2.24, 2.45) is 4.99 Å². The first kappa shape index (κ1) is 21.2. The smallest absolute Gasteiger partial charge is 0.213 e. The molecule has 7 nitrogen and oxygen atoms in total. The second kappa shape index (κ2) is 11.7. The van der Waals surface area contributed by atoms with E-state index in [0.717, 1.165) is 12.3 Å². The van der Waals surface area contributed by atoms with Crippen LogP contribution in [0.2, 0.25) is 0 Å². The Morgan fingerprint density at radius 2 is 1.92 bits per heavy atom. The Labute approximate surface area is 151 Å². The molecule has 0 saturated carbocycles. The number of nitrogens with one attached hydrogen (secondary N) is 2. The van der Waals surface area contributed by atoms with Gasteiger partial charge in [0.1, 0.15) is 12.4 Å². The molecule has 0 radical (unpaired) electrons. The molecule has 0 aromatic heterocycles. The molecule has 0 fully saturated rings. The molecule has 1 aromatic carbocycles. The Bertz CT molecular complexity index is 606. The number of benzene rings is 1. The molecule has 2 N–H and O–H groups in total. The summed E-state index contributed by atoms with van der Waals surface area (Å²) in [5.74, 6) is 1.67. The summed E-state index contributed by atoms with van der Waals surface area (Å²) < 4.78 is 30.4. The average Bonchev–Trinajstić information content (AvgIpc) is 2.62. The number of rotatable bonds is 11. The Morgan fingerprint density at radius 3 is 2.56 bits per heavy atom. The van der Waals surface area contributed by atoms with Gasteiger partial charge in [-0.3, -0.25) is 4.99 Å². The maximum Gasteiger partial charge on any atom is 0.213 e. The zero-order valence-electron chi connectivity index (χ0n) is 15.4. The molecular weight excluding hydrogens is 340 g/mol. The van der Waals surface area contributed by atoms with E-state index in [1.54, 1.807) is 14.0 Å². The maximum absolute atomic E-state index is 11.7. The summed E-state index contributed by atoms with van der Waals surface area (Å²) in [5, 5.41) is 6.36. The number of guanidine groups is 1. The van der Waals surface area contributed by atoms with Gasteiger partial charge in [0.05, 0.1) is 12.3 Å². The molecule has 0 bridgehead atoms. The molecule has 0 saturated heterocycles. The van der Waals surface area contributed by atoms with Crippen molar-refractivity contribution in [1.29, 1.82) is 0 Å². The monoisotopic (exact) mass is 370 g/mol. The van der Waals surface area contributed by atoms with Crippen molar-refractivity contribution in [1.82, 2.24) is 14.9 Å². The van der Waals surface area contributed by atoms with Crippen LogP contribution in [0.25, 0.3) is 0 Å². The zero-order valence-corrected chi connectivity index (χ0v) is 16.2. The van der Waals surface area contributed by atoms with E-state index in [0.29, 0.717) is 38.6 Å². The molecule has 0 atom stereocenters. The number of sulfonamides is 1. The highest BCUT2D eigenvalue weighted by molar-refractivity contribution is 7.89. The van der Waals surface area contributed by atoms with Crippen molar-refractivity contribution in [3.05, 3.63) is 30.3 Å². The third-order valence-electron chi connectivity index (χ3n) is 3.49. The van der Waals surface area contributed by atoms with Crippen molar-refractivity contribution < 1.29 is 13.2 Å². The van der Waals surface area contributed by atoms with Gasteiger partial charge in [-0.05, 0) is 32.4 Å². The number of hydrogen-bond donors (Lipinski definition) is 2. The minimum Gasteiger partial charge on any atom is -0.492 e. The van der Waals surface area contributed by atoms with E-state index in [4.69, 9.17) is 4.74 Å². The maximum atomic E-state index is 11.7. The highest BCUT2D eigenvalue weighted by atomic mass is 32.2. The molecule has 0 aliphatic carbocycles. The molecule has 1 aromatic rings. The van der Waals surface area contributed by atoms with Crippen LogP contribution in [0.1, 0.15) is 20.3 Å². The molecule has 1 rings (SSSR count). The highest BCUT2D eigenvalue weighted by Gasteiger charge is 2.13. The lowest BCUT2D eigenvalue weighted by Gasteiger charge is -2.15. The number of hydrogen-bond acceptors (Lipinski definition) is 4. The topological polar surface area (TPSA) is 83.0 Å². The van der Waals surface area contributed by atoms with Crippen LogP contribution in [0.15, 0.2) is 35.3 Å². The second-order valence-corrected chi connectivity index (χ2v) is 7.79. The van der Waals surface area contributed by atoms with E-state index in [-0.39, 0.29) is 5.75 Å². The minimum atomic E-state index is -3.12. The SMILES string of the molecule is CCNC(=NCCCN(C)S(=O)(=O)CC)NCCOc1ccccc1. The lowest BCUT2D eigenvalue weighted by Crippen LogP contribution is -2.39. The van der Waals surface area contributed by atoms with Gasteiger partial charge in [0.15, 0.2) is 5.96 Å². The summed E-state index contributed by atoms with van der Waals surface area (Å²) >= 11 is 0. The molecule has 142 valence electrons. The quantitative estimate of drug-likeness (QED) is 0.348. The normalized spacial score (nSPS) is 12.2. The van der Waals surface area contributed by atoms with Crippen molar-refractivity contribution in [3.8, 4) is 5.75 Å². The third kappa shape index (κ3) is 8.74. The molecule has 0 unspecified atom stereocenters. The summed E-state index contributed by atoms with van der Waals surface area (Å²) in [6.45, 7) is 6.59. The predicted octanol–water partition coefficient (Wildman–Crippen LogP) is 1.29. The number of para-hydroxylation sites is 1. The third-order valence-corrected chi connectivity index (χ3v) is 5.35. The summed E-state index contributed by atoms with van der Waals surface area (Å²) in [6, 6.07) is 9.65. The average molecular weight is 371 g/mol. The largest absolute Gasteiger partial charge is 0.492 e. The van der Waals surface area contributed by atoms with Crippen LogP contribution in [0.3, 0.4) is 0 Å². The van der Waals surface area contributed by atoms with E-state index in [1.807, 2.05) is 37.3 Å². The fraction of sp³-hybridized carbons (Fsp3) is 0.588. The number of aliphatic imine (C=N–C) groups is 1. The number of nitrogens with zero attached hydrogens (tertiary/aromatic N) is 2. The summed E-state index contributed by atoms with van der Waals surface area (Å²) in [6.07, 6.45) is 0.673. The Kier molecular flexibility index (Phi) is 9.94. The lowest BCUT2D eigenvalue weighted by molar-refractivity contribution is 0.322. The molecule has 0 amide bonds. The Hall–Kier alpha value is -1.80. The van der Waals surface area contributed by atoms with Gasteiger partial charge >= 0.3 is 0 Å². The van der Waals surface area contributed by atoms with Gasteiger partial charge in [0.2, 0.25) is 10.0 Å². The lowest BCUT2D eigenvalue weighted by atomic mass is 10.3. The van der Waals surface area contributed by atoms with E-state index in [1.165, 1.54) is 4.31 Å². The van der Waals surface area contributed by atoms with Crippen LogP contribution in [-0.4, -0.2) is 64.3 Å². The van der Waals surface area contributed by atoms with Gasteiger partial charge in [0, 0.05) is 26.7 Å². The van der Waals surface area contributed by atoms with Gasteiger partial charge < -0.3 is 15.4 Å². The molecule has 0 aliphatic rings. The van der Waals surface area contributed by atoms with Gasteiger partial charge in [-0.25, -0.2) is 12.7 Å². The first-order chi connectivity index (χ1) is 12.0.